The Kier molecular flexibility index (Phi) is 3.52. The number of carbonyl (C=O) groups excluding carboxylic acids is 1. The first-order valence-corrected chi connectivity index (χ1v) is 6.09. The summed E-state index contributed by atoms with van der Waals surface area (Å²) >= 11 is 0. The minimum absolute atomic E-state index is 0.103. The first-order valence-electron chi connectivity index (χ1n) is 6.09. The normalized spacial score (nSPS) is 18.7. The van der Waals surface area contributed by atoms with Gasteiger partial charge < -0.3 is 20.1 Å². The molecule has 8 heteroatoms. The smallest absolute Gasteiger partial charge is 0.344 e. The van der Waals surface area contributed by atoms with Crippen molar-refractivity contribution >= 4 is 11.7 Å². The zero-order valence-electron chi connectivity index (χ0n) is 10.8. The predicted molar refractivity (Wildman–Crippen MR) is 65.3 cm³/mol. The Morgan fingerprint density at radius 1 is 1.58 bits per heavy atom. The third-order valence-corrected chi connectivity index (χ3v) is 3.27. The molecule has 1 aromatic heterocycles. The van der Waals surface area contributed by atoms with Crippen LogP contribution in [0.25, 0.3) is 0 Å². The number of aromatic nitrogens is 2. The van der Waals surface area contributed by atoms with Crippen LogP contribution in [0.5, 0.6) is 0 Å². The number of nitrogens with zero attached hydrogens (tertiary/aromatic N) is 4. The van der Waals surface area contributed by atoms with Gasteiger partial charge in [0.25, 0.3) is 0 Å². The quantitative estimate of drug-likeness (QED) is 0.636. The fourth-order valence-electron chi connectivity index (χ4n) is 2.47. The summed E-state index contributed by atoms with van der Waals surface area (Å²) in [4.78, 5) is 27.7. The lowest BCUT2D eigenvalue weighted by molar-refractivity contribution is -0.393. The van der Waals surface area contributed by atoms with E-state index in [-0.39, 0.29) is 11.7 Å². The second-order valence-corrected chi connectivity index (χ2v) is 4.64. The molecule has 1 N–H and O–H groups in total. The maximum atomic E-state index is 11.8. The third kappa shape index (κ3) is 2.30. The van der Waals surface area contributed by atoms with Crippen molar-refractivity contribution in [2.45, 2.75) is 39.0 Å². The molecule has 1 fully saturated rings. The molecule has 2 atom stereocenters. The van der Waals surface area contributed by atoms with E-state index >= 15 is 0 Å². The van der Waals surface area contributed by atoms with Gasteiger partial charge in [0.1, 0.15) is 12.3 Å². The standard InChI is InChI=1S/C11H16N4O4/c1-7(16)11(13-5-3-4-10(13)17)14-8(2)12-6-9(14)15(18)19/h6-7,11,16H,3-5H2,1-2H3. The Bertz CT molecular complexity index is 511. The van der Waals surface area contributed by atoms with E-state index in [2.05, 4.69) is 4.98 Å². The molecule has 2 heterocycles. The van der Waals surface area contributed by atoms with Crippen molar-refractivity contribution < 1.29 is 14.8 Å². The van der Waals surface area contributed by atoms with Crippen LogP contribution in [0, 0.1) is 17.0 Å². The van der Waals surface area contributed by atoms with Crippen molar-refractivity contribution in [1.29, 1.82) is 0 Å². The molecule has 1 saturated heterocycles. The van der Waals surface area contributed by atoms with E-state index in [1.165, 1.54) is 16.4 Å². The van der Waals surface area contributed by atoms with Crippen molar-refractivity contribution in [3.05, 3.63) is 22.1 Å². The van der Waals surface area contributed by atoms with E-state index in [0.717, 1.165) is 6.20 Å². The van der Waals surface area contributed by atoms with E-state index in [1.807, 2.05) is 0 Å². The highest BCUT2D eigenvalue weighted by atomic mass is 16.6. The van der Waals surface area contributed by atoms with Crippen molar-refractivity contribution in [2.24, 2.45) is 0 Å². The van der Waals surface area contributed by atoms with E-state index in [1.54, 1.807) is 6.92 Å². The predicted octanol–water partition coefficient (Wildman–Crippen LogP) is 0.602. The largest absolute Gasteiger partial charge is 0.387 e. The number of aliphatic hydroxyl groups is 1. The molecule has 0 radical (unpaired) electrons. The van der Waals surface area contributed by atoms with Crippen LogP contribution in [0.15, 0.2) is 6.20 Å². The van der Waals surface area contributed by atoms with Gasteiger partial charge >= 0.3 is 5.82 Å². The molecule has 1 aliphatic rings. The van der Waals surface area contributed by atoms with Gasteiger partial charge in [0.15, 0.2) is 5.82 Å². The summed E-state index contributed by atoms with van der Waals surface area (Å²) in [7, 11) is 0. The maximum absolute atomic E-state index is 11.8. The molecule has 8 nitrogen and oxygen atoms in total. The molecule has 104 valence electrons. The lowest BCUT2D eigenvalue weighted by Gasteiger charge is -2.28. The zero-order chi connectivity index (χ0) is 14.2. The van der Waals surface area contributed by atoms with Gasteiger partial charge in [-0.05, 0) is 18.3 Å². The summed E-state index contributed by atoms with van der Waals surface area (Å²) in [5.74, 6) is 0.0775. The van der Waals surface area contributed by atoms with E-state index < -0.39 is 17.2 Å². The second kappa shape index (κ2) is 4.96. The second-order valence-electron chi connectivity index (χ2n) is 4.64. The van der Waals surface area contributed by atoms with Gasteiger partial charge in [0, 0.05) is 19.9 Å². The van der Waals surface area contributed by atoms with Crippen LogP contribution in [0.1, 0.15) is 31.8 Å². The molecule has 0 aromatic carbocycles. The average Bonchev–Trinajstić information content (AvgIpc) is 2.88. The van der Waals surface area contributed by atoms with Crippen LogP contribution in [0.3, 0.4) is 0 Å². The van der Waals surface area contributed by atoms with E-state index in [9.17, 15) is 20.0 Å². The molecule has 1 aromatic rings. The zero-order valence-corrected chi connectivity index (χ0v) is 10.8. The molecule has 2 unspecified atom stereocenters. The number of imidazole rings is 1. The number of hydrogen-bond donors (Lipinski definition) is 1. The van der Waals surface area contributed by atoms with Crippen molar-refractivity contribution in [1.82, 2.24) is 14.5 Å². The van der Waals surface area contributed by atoms with Crippen LogP contribution in [0.4, 0.5) is 5.82 Å². The topological polar surface area (TPSA) is 102 Å². The number of likely N-dealkylation sites (tertiary alicyclic amines) is 1. The summed E-state index contributed by atoms with van der Waals surface area (Å²) in [5, 5.41) is 20.9. The van der Waals surface area contributed by atoms with Gasteiger partial charge in [-0.25, -0.2) is 4.98 Å². The summed E-state index contributed by atoms with van der Waals surface area (Å²) in [6.07, 6.45) is 0.547. The monoisotopic (exact) mass is 268 g/mol. The number of hydrogen-bond acceptors (Lipinski definition) is 5. The minimum atomic E-state index is -0.923. The maximum Gasteiger partial charge on any atom is 0.344 e. The SMILES string of the molecule is Cc1ncc([N+](=O)[O-])n1C(C(C)O)N1CCCC1=O. The molecular formula is C11H16N4O4. The lowest BCUT2D eigenvalue weighted by atomic mass is 10.2. The fourth-order valence-corrected chi connectivity index (χ4v) is 2.47. The first kappa shape index (κ1) is 13.5. The highest BCUT2D eigenvalue weighted by molar-refractivity contribution is 5.78. The molecule has 0 spiro atoms. The van der Waals surface area contributed by atoms with Gasteiger partial charge in [0.05, 0.1) is 0 Å². The molecule has 0 saturated carbocycles. The first-order chi connectivity index (χ1) is 8.93. The Morgan fingerprint density at radius 3 is 2.74 bits per heavy atom. The number of aryl methyl sites for hydroxylation is 1. The Balaban J connectivity index is 2.47. The van der Waals surface area contributed by atoms with Crippen molar-refractivity contribution in [3.63, 3.8) is 0 Å². The number of rotatable bonds is 4. The summed E-state index contributed by atoms with van der Waals surface area (Å²) in [6.45, 7) is 3.62. The lowest BCUT2D eigenvalue weighted by Crippen LogP contribution is -2.40. The molecule has 2 rings (SSSR count). The summed E-state index contributed by atoms with van der Waals surface area (Å²) in [5.41, 5.74) is 0. The summed E-state index contributed by atoms with van der Waals surface area (Å²) in [6, 6.07) is 0. The highest BCUT2D eigenvalue weighted by Crippen LogP contribution is 2.29. The van der Waals surface area contributed by atoms with Gasteiger partial charge in [-0.2, -0.15) is 4.57 Å². The van der Waals surface area contributed by atoms with Crippen LogP contribution >= 0.6 is 0 Å². The molecule has 0 aliphatic carbocycles. The van der Waals surface area contributed by atoms with Crippen LogP contribution < -0.4 is 0 Å². The number of aliphatic hydroxyl groups excluding tert-OH is 1. The fraction of sp³-hybridized carbons (Fsp3) is 0.636. The van der Waals surface area contributed by atoms with E-state index in [4.69, 9.17) is 0 Å². The van der Waals surface area contributed by atoms with Gasteiger partial charge in [-0.3, -0.25) is 4.79 Å². The number of carbonyl (C=O) groups is 1. The van der Waals surface area contributed by atoms with Gasteiger partial charge in [-0.1, -0.05) is 0 Å². The van der Waals surface area contributed by atoms with Crippen LogP contribution in [0.2, 0.25) is 0 Å². The van der Waals surface area contributed by atoms with Crippen LogP contribution in [-0.2, 0) is 4.79 Å². The summed E-state index contributed by atoms with van der Waals surface area (Å²) < 4.78 is 1.31. The molecule has 0 bridgehead atoms. The molecule has 19 heavy (non-hydrogen) atoms. The highest BCUT2D eigenvalue weighted by Gasteiger charge is 2.38. The van der Waals surface area contributed by atoms with Gasteiger partial charge in [0.2, 0.25) is 12.1 Å². The van der Waals surface area contributed by atoms with E-state index in [0.29, 0.717) is 25.2 Å². The van der Waals surface area contributed by atoms with Crippen LogP contribution in [-0.4, -0.2) is 43.0 Å². The van der Waals surface area contributed by atoms with Crippen molar-refractivity contribution in [2.75, 3.05) is 6.54 Å². The van der Waals surface area contributed by atoms with Gasteiger partial charge in [-0.15, -0.1) is 0 Å². The minimum Gasteiger partial charge on any atom is -0.387 e. The number of amides is 1. The Labute approximate surface area is 109 Å². The number of nitro groups is 1. The van der Waals surface area contributed by atoms with Crippen molar-refractivity contribution in [3.8, 4) is 0 Å². The molecule has 1 aliphatic heterocycles. The Morgan fingerprint density at radius 2 is 2.26 bits per heavy atom. The third-order valence-electron chi connectivity index (χ3n) is 3.27. The Hall–Kier alpha value is -1.96. The average molecular weight is 268 g/mol. The molecular weight excluding hydrogens is 252 g/mol. The molecule has 1 amide bonds.